The number of nitrogens with one attached hydrogen (secondary N) is 2. The minimum atomic E-state index is 0.0326. The molecule has 1 aromatic heterocycles. The lowest BCUT2D eigenvalue weighted by atomic mass is 9.73. The van der Waals surface area contributed by atoms with Crippen molar-refractivity contribution >= 4 is 32.7 Å². The van der Waals surface area contributed by atoms with Gasteiger partial charge in [0.1, 0.15) is 0 Å². The van der Waals surface area contributed by atoms with Crippen LogP contribution in [0.1, 0.15) is 56.4 Å². The number of aromatic nitrogens is 1. The molecule has 0 unspecified atom stereocenters. The van der Waals surface area contributed by atoms with E-state index in [4.69, 9.17) is 0 Å². The highest BCUT2D eigenvalue weighted by molar-refractivity contribution is 9.10. The molecular weight excluding hydrogens is 402 g/mol. The van der Waals surface area contributed by atoms with E-state index in [1.807, 2.05) is 13.8 Å². The lowest BCUT2D eigenvalue weighted by Gasteiger charge is -2.47. The largest absolute Gasteiger partial charge is 0.358 e. The maximum Gasteiger partial charge on any atom is 0.222 e. The van der Waals surface area contributed by atoms with Gasteiger partial charge in [-0.2, -0.15) is 0 Å². The van der Waals surface area contributed by atoms with Crippen molar-refractivity contribution in [3.8, 4) is 0 Å². The minimum Gasteiger partial charge on any atom is -0.358 e. The average Bonchev–Trinajstić information content (AvgIpc) is 2.91. The number of carbonyl (C=O) groups is 1. The highest BCUT2D eigenvalue weighted by atomic mass is 79.9. The van der Waals surface area contributed by atoms with E-state index in [1.54, 1.807) is 0 Å². The van der Waals surface area contributed by atoms with Gasteiger partial charge in [-0.1, -0.05) is 36.7 Å². The lowest BCUT2D eigenvalue weighted by Crippen LogP contribution is -2.56. The number of benzene rings is 1. The van der Waals surface area contributed by atoms with Gasteiger partial charge in [0.2, 0.25) is 5.91 Å². The fourth-order valence-corrected chi connectivity index (χ4v) is 5.59. The van der Waals surface area contributed by atoms with Crippen LogP contribution in [0.4, 0.5) is 0 Å². The van der Waals surface area contributed by atoms with Gasteiger partial charge in [-0.25, -0.2) is 0 Å². The second-order valence-corrected chi connectivity index (χ2v) is 9.53. The quantitative estimate of drug-likeness (QED) is 0.747. The van der Waals surface area contributed by atoms with Crippen LogP contribution in [0.3, 0.4) is 0 Å². The minimum absolute atomic E-state index is 0.0326. The molecule has 27 heavy (non-hydrogen) atoms. The smallest absolute Gasteiger partial charge is 0.222 e. The van der Waals surface area contributed by atoms with Crippen LogP contribution in [-0.4, -0.2) is 41.0 Å². The number of aryl methyl sites for hydroxylation is 1. The zero-order chi connectivity index (χ0) is 19.3. The van der Waals surface area contributed by atoms with Crippen molar-refractivity contribution in [3.63, 3.8) is 0 Å². The summed E-state index contributed by atoms with van der Waals surface area (Å²) >= 11 is 3.72. The number of rotatable bonds is 4. The molecule has 0 saturated carbocycles. The van der Waals surface area contributed by atoms with Crippen LogP contribution in [0, 0.1) is 12.8 Å². The fourth-order valence-electron chi connectivity index (χ4n) is 5.12. The van der Waals surface area contributed by atoms with Gasteiger partial charge in [0.25, 0.3) is 0 Å². The first kappa shape index (κ1) is 19.0. The summed E-state index contributed by atoms with van der Waals surface area (Å²) in [6.07, 6.45) is 3.27. The first-order valence-electron chi connectivity index (χ1n) is 10.2. The maximum absolute atomic E-state index is 12.3. The average molecular weight is 432 g/mol. The van der Waals surface area contributed by atoms with E-state index in [0.717, 1.165) is 36.8 Å². The Morgan fingerprint density at radius 1 is 1.41 bits per heavy atom. The summed E-state index contributed by atoms with van der Waals surface area (Å²) in [6.45, 7) is 10.4. The van der Waals surface area contributed by atoms with Crippen molar-refractivity contribution in [2.45, 2.75) is 65.0 Å². The molecule has 1 aliphatic carbocycles. The van der Waals surface area contributed by atoms with Gasteiger partial charge >= 0.3 is 0 Å². The second-order valence-electron chi connectivity index (χ2n) is 8.61. The van der Waals surface area contributed by atoms with Gasteiger partial charge < -0.3 is 10.3 Å². The van der Waals surface area contributed by atoms with Crippen LogP contribution in [0.2, 0.25) is 0 Å². The molecule has 4 rings (SSSR count). The summed E-state index contributed by atoms with van der Waals surface area (Å²) in [6, 6.07) is 5.26. The Kier molecular flexibility index (Phi) is 5.10. The number of H-pyrrole nitrogens is 1. The predicted molar refractivity (Wildman–Crippen MR) is 114 cm³/mol. The summed E-state index contributed by atoms with van der Waals surface area (Å²) in [5.74, 6) is 0.666. The zero-order valence-electron chi connectivity index (χ0n) is 16.7. The Morgan fingerprint density at radius 2 is 2.19 bits per heavy atom. The normalized spacial score (nSPS) is 25.0. The van der Waals surface area contributed by atoms with Crippen LogP contribution < -0.4 is 5.32 Å². The van der Waals surface area contributed by atoms with E-state index in [0.29, 0.717) is 12.0 Å². The van der Waals surface area contributed by atoms with Crippen LogP contribution in [0.25, 0.3) is 10.9 Å². The third kappa shape index (κ3) is 3.33. The summed E-state index contributed by atoms with van der Waals surface area (Å²) < 4.78 is 1.13. The predicted octanol–water partition coefficient (Wildman–Crippen LogP) is 4.50. The molecule has 1 aliphatic heterocycles. The van der Waals surface area contributed by atoms with Crippen LogP contribution in [0.5, 0.6) is 0 Å². The summed E-state index contributed by atoms with van der Waals surface area (Å²) in [7, 11) is 0. The fraction of sp³-hybridized carbons (Fsp3) is 0.591. The first-order valence-corrected chi connectivity index (χ1v) is 11.0. The molecule has 4 nitrogen and oxygen atoms in total. The maximum atomic E-state index is 12.3. The van der Waals surface area contributed by atoms with E-state index in [-0.39, 0.29) is 17.9 Å². The molecule has 2 N–H and O–H groups in total. The lowest BCUT2D eigenvalue weighted by molar-refractivity contribution is -0.125. The molecule has 2 aliphatic rings. The van der Waals surface area contributed by atoms with Crippen molar-refractivity contribution in [2.24, 2.45) is 5.92 Å². The van der Waals surface area contributed by atoms with Gasteiger partial charge in [0.15, 0.2) is 0 Å². The van der Waals surface area contributed by atoms with Crippen molar-refractivity contribution in [1.29, 1.82) is 0 Å². The number of hydrogen-bond acceptors (Lipinski definition) is 2. The summed E-state index contributed by atoms with van der Waals surface area (Å²) in [4.78, 5) is 18.6. The van der Waals surface area contributed by atoms with Crippen molar-refractivity contribution in [2.75, 3.05) is 13.1 Å². The van der Waals surface area contributed by atoms with Gasteiger partial charge in [-0.3, -0.25) is 9.69 Å². The molecule has 146 valence electrons. The third-order valence-corrected chi connectivity index (χ3v) is 6.79. The van der Waals surface area contributed by atoms with E-state index in [1.165, 1.54) is 27.7 Å². The zero-order valence-corrected chi connectivity index (χ0v) is 18.3. The van der Waals surface area contributed by atoms with Crippen LogP contribution >= 0.6 is 15.9 Å². The Labute approximate surface area is 170 Å². The molecule has 3 atom stereocenters. The van der Waals surface area contributed by atoms with Gasteiger partial charge in [-0.15, -0.1) is 0 Å². The molecule has 0 bridgehead atoms. The number of piperidine rings is 1. The SMILES string of the molecule is CCCN1C[C@@H](NC(=O)C(C)C)C[C@@H]2c3cc(Br)cc4[nH]c(C)c(c34)C[C@H]21. The van der Waals surface area contributed by atoms with Crippen LogP contribution in [0.15, 0.2) is 16.6 Å². The van der Waals surface area contributed by atoms with E-state index >= 15 is 0 Å². The van der Waals surface area contributed by atoms with E-state index in [9.17, 15) is 4.79 Å². The number of fused-ring (bicyclic) bond motifs is 2. The molecule has 1 fully saturated rings. The van der Waals surface area contributed by atoms with Gasteiger partial charge in [0.05, 0.1) is 0 Å². The molecule has 1 amide bonds. The Balaban J connectivity index is 1.75. The molecule has 0 radical (unpaired) electrons. The Morgan fingerprint density at radius 3 is 2.89 bits per heavy atom. The standard InChI is InChI=1S/C22H30BrN3O/c1-5-6-26-11-15(25-22(27)12(2)3)9-17-18-7-14(23)8-19-21(18)16(10-20(17)26)13(4)24-19/h7-8,12,15,17,20,24H,5-6,9-11H2,1-4H3,(H,25,27)/t15-,17+,20+/m0/s1. The molecule has 2 aromatic rings. The third-order valence-electron chi connectivity index (χ3n) is 6.33. The number of aromatic amines is 1. The molecule has 1 saturated heterocycles. The molecular formula is C22H30BrN3O. The van der Waals surface area contributed by atoms with Gasteiger partial charge in [-0.05, 0) is 56.0 Å². The van der Waals surface area contributed by atoms with E-state index < -0.39 is 0 Å². The molecule has 0 spiro atoms. The molecule has 5 heteroatoms. The van der Waals surface area contributed by atoms with E-state index in [2.05, 4.69) is 57.1 Å². The number of likely N-dealkylation sites (tertiary alicyclic amines) is 1. The number of amides is 1. The summed E-state index contributed by atoms with van der Waals surface area (Å²) in [5.41, 5.74) is 5.47. The highest BCUT2D eigenvalue weighted by Crippen LogP contribution is 2.45. The molecule has 1 aromatic carbocycles. The summed E-state index contributed by atoms with van der Waals surface area (Å²) in [5, 5.41) is 4.74. The van der Waals surface area contributed by atoms with Crippen molar-refractivity contribution in [3.05, 3.63) is 33.4 Å². The van der Waals surface area contributed by atoms with Crippen molar-refractivity contribution in [1.82, 2.24) is 15.2 Å². The monoisotopic (exact) mass is 431 g/mol. The Hall–Kier alpha value is -1.33. The number of nitrogens with zero attached hydrogens (tertiary/aromatic N) is 1. The topological polar surface area (TPSA) is 48.1 Å². The van der Waals surface area contributed by atoms with Crippen LogP contribution in [-0.2, 0) is 11.2 Å². The van der Waals surface area contributed by atoms with Crippen molar-refractivity contribution < 1.29 is 4.79 Å². The second kappa shape index (κ2) is 7.25. The first-order chi connectivity index (χ1) is 12.9. The molecule has 2 heterocycles. The number of carbonyl (C=O) groups excluding carboxylic acids is 1. The Bertz CT molecular complexity index is 872. The van der Waals surface area contributed by atoms with Gasteiger partial charge in [0, 0.05) is 51.5 Å². The highest BCUT2D eigenvalue weighted by Gasteiger charge is 2.41. The number of halogens is 1. The number of hydrogen-bond donors (Lipinski definition) is 2.